The molecule has 0 radical (unpaired) electrons. The number of aromatic nitrogens is 2. The lowest BCUT2D eigenvalue weighted by molar-refractivity contribution is 0.137. The van der Waals surface area contributed by atoms with Crippen LogP contribution in [-0.2, 0) is 6.42 Å². The Morgan fingerprint density at radius 2 is 2.28 bits per heavy atom. The van der Waals surface area contributed by atoms with Crippen LogP contribution in [0.2, 0.25) is 0 Å². The number of aromatic amines is 1. The smallest absolute Gasteiger partial charge is 0.251 e. The summed E-state index contributed by atoms with van der Waals surface area (Å²) in [5.74, 6) is 0. The fraction of sp³-hybridized carbons (Fsp3) is 0.692. The first-order valence-electron chi connectivity index (χ1n) is 6.64. The molecule has 0 amide bonds. The molecule has 1 aromatic heterocycles. The molecule has 0 spiro atoms. The molecule has 18 heavy (non-hydrogen) atoms. The zero-order valence-corrected chi connectivity index (χ0v) is 11.5. The van der Waals surface area contributed by atoms with E-state index in [2.05, 4.69) is 16.9 Å². The van der Waals surface area contributed by atoms with Crippen molar-refractivity contribution in [3.63, 3.8) is 0 Å². The van der Waals surface area contributed by atoms with E-state index in [0.717, 1.165) is 44.2 Å². The normalized spacial score (nSPS) is 24.1. The summed E-state index contributed by atoms with van der Waals surface area (Å²) in [7, 11) is 0. The molecule has 2 atom stereocenters. The average Bonchev–Trinajstić information content (AvgIpc) is 2.32. The van der Waals surface area contributed by atoms with Gasteiger partial charge in [-0.05, 0) is 19.3 Å². The van der Waals surface area contributed by atoms with Crippen LogP contribution in [0.4, 0.5) is 0 Å². The van der Waals surface area contributed by atoms with E-state index in [9.17, 15) is 9.90 Å². The summed E-state index contributed by atoms with van der Waals surface area (Å²) in [6.07, 6.45) is 5.62. The third-order valence-corrected chi connectivity index (χ3v) is 4.48. The molecule has 1 aliphatic carbocycles. The van der Waals surface area contributed by atoms with Gasteiger partial charge in [-0.3, -0.25) is 4.79 Å². The molecular formula is C13H20N2O2S. The van der Waals surface area contributed by atoms with Crippen LogP contribution >= 0.6 is 11.8 Å². The van der Waals surface area contributed by atoms with Crippen molar-refractivity contribution < 1.29 is 5.11 Å². The lowest BCUT2D eigenvalue weighted by Crippen LogP contribution is -2.27. The van der Waals surface area contributed by atoms with Gasteiger partial charge in [-0.15, -0.1) is 0 Å². The third-order valence-electron chi connectivity index (χ3n) is 3.21. The Bertz CT molecular complexity index is 447. The molecule has 1 aromatic rings. The lowest BCUT2D eigenvalue weighted by Gasteiger charge is -2.26. The van der Waals surface area contributed by atoms with Crippen molar-refractivity contribution in [2.24, 2.45) is 0 Å². The van der Waals surface area contributed by atoms with Gasteiger partial charge in [-0.25, -0.2) is 4.98 Å². The molecule has 2 rings (SSSR count). The van der Waals surface area contributed by atoms with Crippen molar-refractivity contribution in [3.8, 4) is 0 Å². The number of nitrogens with one attached hydrogen (secondary N) is 1. The highest BCUT2D eigenvalue weighted by Crippen LogP contribution is 2.31. The van der Waals surface area contributed by atoms with E-state index in [1.807, 2.05) is 0 Å². The van der Waals surface area contributed by atoms with Crippen LogP contribution in [0.5, 0.6) is 0 Å². The maximum atomic E-state index is 11.5. The van der Waals surface area contributed by atoms with Gasteiger partial charge in [0.15, 0.2) is 5.16 Å². The summed E-state index contributed by atoms with van der Waals surface area (Å²) in [6.45, 7) is 2.07. The average molecular weight is 268 g/mol. The number of aliphatic hydroxyl groups excluding tert-OH is 1. The summed E-state index contributed by atoms with van der Waals surface area (Å²) < 4.78 is 0. The fourth-order valence-electron chi connectivity index (χ4n) is 2.28. The van der Waals surface area contributed by atoms with Gasteiger partial charge in [-0.1, -0.05) is 37.9 Å². The van der Waals surface area contributed by atoms with Crippen LogP contribution in [-0.4, -0.2) is 26.4 Å². The molecule has 0 aliphatic heterocycles. The van der Waals surface area contributed by atoms with E-state index in [0.29, 0.717) is 5.16 Å². The number of H-pyrrole nitrogens is 1. The Morgan fingerprint density at radius 3 is 3.00 bits per heavy atom. The third kappa shape index (κ3) is 3.59. The molecule has 0 bridgehead atoms. The number of aryl methyl sites for hydroxylation is 1. The quantitative estimate of drug-likeness (QED) is 0.821. The number of aliphatic hydroxyl groups is 1. The van der Waals surface area contributed by atoms with Crippen molar-refractivity contribution in [3.05, 3.63) is 22.1 Å². The second-order valence-corrected chi connectivity index (χ2v) is 6.03. The minimum Gasteiger partial charge on any atom is -0.392 e. The van der Waals surface area contributed by atoms with Gasteiger partial charge in [0.05, 0.1) is 6.10 Å². The second-order valence-electron chi connectivity index (χ2n) is 4.80. The van der Waals surface area contributed by atoms with Crippen LogP contribution in [0.15, 0.2) is 16.0 Å². The summed E-state index contributed by atoms with van der Waals surface area (Å²) in [5.41, 5.74) is 0.746. The van der Waals surface area contributed by atoms with Crippen LogP contribution in [0.25, 0.3) is 0 Å². The summed E-state index contributed by atoms with van der Waals surface area (Å²) in [5, 5.41) is 10.7. The predicted molar refractivity (Wildman–Crippen MR) is 73.0 cm³/mol. The van der Waals surface area contributed by atoms with Gasteiger partial charge in [0.2, 0.25) is 0 Å². The Balaban J connectivity index is 2.10. The number of thioether (sulfide) groups is 1. The van der Waals surface area contributed by atoms with Crippen LogP contribution < -0.4 is 5.56 Å². The van der Waals surface area contributed by atoms with Gasteiger partial charge in [0.25, 0.3) is 5.56 Å². The molecule has 2 N–H and O–H groups in total. The largest absolute Gasteiger partial charge is 0.392 e. The molecule has 0 unspecified atom stereocenters. The number of hydrogen-bond donors (Lipinski definition) is 2. The summed E-state index contributed by atoms with van der Waals surface area (Å²) in [6, 6.07) is 1.56. The van der Waals surface area contributed by atoms with E-state index in [-0.39, 0.29) is 16.9 Å². The Morgan fingerprint density at radius 1 is 1.50 bits per heavy atom. The molecule has 0 aromatic carbocycles. The first-order valence-corrected chi connectivity index (χ1v) is 7.52. The van der Waals surface area contributed by atoms with Crippen molar-refractivity contribution in [2.75, 3.05) is 0 Å². The lowest BCUT2D eigenvalue weighted by atomic mass is 9.97. The molecule has 4 nitrogen and oxygen atoms in total. The van der Waals surface area contributed by atoms with Gasteiger partial charge in [-0.2, -0.15) is 0 Å². The number of hydrogen-bond acceptors (Lipinski definition) is 4. The van der Waals surface area contributed by atoms with Gasteiger partial charge < -0.3 is 10.1 Å². The van der Waals surface area contributed by atoms with Crippen molar-refractivity contribution in [2.45, 2.75) is 62.0 Å². The molecule has 1 aliphatic rings. The molecule has 1 saturated carbocycles. The van der Waals surface area contributed by atoms with E-state index in [1.54, 1.807) is 6.07 Å². The Hall–Kier alpha value is -0.810. The first-order chi connectivity index (χ1) is 8.69. The van der Waals surface area contributed by atoms with Crippen LogP contribution in [0.1, 0.15) is 44.7 Å². The monoisotopic (exact) mass is 268 g/mol. The zero-order valence-electron chi connectivity index (χ0n) is 10.7. The maximum absolute atomic E-state index is 11.5. The van der Waals surface area contributed by atoms with E-state index in [4.69, 9.17) is 0 Å². The zero-order chi connectivity index (χ0) is 13.0. The van der Waals surface area contributed by atoms with E-state index in [1.165, 1.54) is 11.8 Å². The standard InChI is InChI=1S/C13H20N2O2S/c1-2-5-9-8-12(17)15-13(14-9)18-11-7-4-3-6-10(11)16/h8,10-11,16H,2-7H2,1H3,(H,14,15,17)/t10-,11-/m1/s1. The Labute approximate surface area is 111 Å². The highest BCUT2D eigenvalue weighted by atomic mass is 32.2. The second kappa shape index (κ2) is 6.38. The van der Waals surface area contributed by atoms with E-state index < -0.39 is 0 Å². The Kier molecular flexibility index (Phi) is 4.83. The summed E-state index contributed by atoms with van der Waals surface area (Å²) >= 11 is 1.51. The minimum atomic E-state index is -0.274. The van der Waals surface area contributed by atoms with Crippen molar-refractivity contribution in [1.29, 1.82) is 0 Å². The minimum absolute atomic E-state index is 0.0961. The van der Waals surface area contributed by atoms with Crippen molar-refractivity contribution >= 4 is 11.8 Å². The summed E-state index contributed by atoms with van der Waals surface area (Å²) in [4.78, 5) is 18.7. The molecular weight excluding hydrogens is 248 g/mol. The van der Waals surface area contributed by atoms with Crippen LogP contribution in [0.3, 0.4) is 0 Å². The fourth-order valence-corrected chi connectivity index (χ4v) is 3.48. The number of rotatable bonds is 4. The first kappa shape index (κ1) is 13.6. The topological polar surface area (TPSA) is 66.0 Å². The molecule has 1 fully saturated rings. The molecule has 100 valence electrons. The molecule has 5 heteroatoms. The molecule has 1 heterocycles. The van der Waals surface area contributed by atoms with E-state index >= 15 is 0 Å². The predicted octanol–water partition coefficient (Wildman–Crippen LogP) is 2.12. The maximum Gasteiger partial charge on any atom is 0.251 e. The highest BCUT2D eigenvalue weighted by molar-refractivity contribution is 7.99. The van der Waals surface area contributed by atoms with Crippen LogP contribution in [0, 0.1) is 0 Å². The highest BCUT2D eigenvalue weighted by Gasteiger charge is 2.24. The number of nitrogens with zero attached hydrogens (tertiary/aromatic N) is 1. The van der Waals surface area contributed by atoms with Crippen molar-refractivity contribution in [1.82, 2.24) is 9.97 Å². The van der Waals surface area contributed by atoms with Gasteiger partial charge in [0, 0.05) is 17.0 Å². The molecule has 0 saturated heterocycles. The van der Waals surface area contributed by atoms with Gasteiger partial charge in [0.1, 0.15) is 0 Å². The SMILES string of the molecule is CCCc1cc(=O)[nH]c(S[C@@H]2CCCC[C@H]2O)n1. The van der Waals surface area contributed by atoms with Gasteiger partial charge >= 0.3 is 0 Å².